The number of carbonyl (C=O) groups excluding carboxylic acids is 1. The molecule has 0 saturated carbocycles. The fourth-order valence-electron chi connectivity index (χ4n) is 4.98. The van der Waals surface area contributed by atoms with E-state index in [2.05, 4.69) is 4.98 Å². The van der Waals surface area contributed by atoms with Gasteiger partial charge < -0.3 is 19.5 Å². The van der Waals surface area contributed by atoms with Crippen LogP contribution in [0.3, 0.4) is 0 Å². The van der Waals surface area contributed by atoms with Crippen molar-refractivity contribution in [2.75, 3.05) is 18.6 Å². The molecule has 30 heavy (non-hydrogen) atoms. The van der Waals surface area contributed by atoms with E-state index >= 15 is 0 Å². The number of rotatable bonds is 5. The number of nitrogens with zero attached hydrogens (tertiary/aromatic N) is 2. The first-order valence-corrected chi connectivity index (χ1v) is 11.6. The van der Waals surface area contributed by atoms with Gasteiger partial charge in [0.25, 0.3) is 5.91 Å². The van der Waals surface area contributed by atoms with Crippen molar-refractivity contribution >= 4 is 17.7 Å². The summed E-state index contributed by atoms with van der Waals surface area (Å²) in [7, 11) is 1.57. The first kappa shape index (κ1) is 19.7. The molecule has 2 aromatic rings. The molecule has 158 valence electrons. The predicted molar refractivity (Wildman–Crippen MR) is 115 cm³/mol. The topological polar surface area (TPSA) is 71.9 Å². The normalized spacial score (nSPS) is 28.1. The third-order valence-corrected chi connectivity index (χ3v) is 7.69. The minimum absolute atomic E-state index is 0.00842. The number of amides is 1. The lowest BCUT2D eigenvalue weighted by Gasteiger charge is -2.44. The number of aliphatic hydroxyl groups is 1. The van der Waals surface area contributed by atoms with Crippen molar-refractivity contribution in [3.05, 3.63) is 53.7 Å². The maximum Gasteiger partial charge on any atom is 0.254 e. The van der Waals surface area contributed by atoms with Crippen LogP contribution in [-0.4, -0.2) is 57.7 Å². The molecular formula is C23H26N2O4S. The summed E-state index contributed by atoms with van der Waals surface area (Å²) in [4.78, 5) is 19.5. The second-order valence-electron chi connectivity index (χ2n) is 8.40. The van der Waals surface area contributed by atoms with E-state index in [1.807, 2.05) is 53.1 Å². The second-order valence-corrected chi connectivity index (χ2v) is 9.47. The molecule has 3 saturated heterocycles. The molecule has 1 N–H and O–H groups in total. The molecule has 3 fully saturated rings. The van der Waals surface area contributed by atoms with E-state index in [9.17, 15) is 9.90 Å². The molecular weight excluding hydrogens is 400 g/mol. The number of hydrogen-bond acceptors (Lipinski definition) is 6. The second kappa shape index (κ2) is 7.78. The molecule has 3 aliphatic heterocycles. The summed E-state index contributed by atoms with van der Waals surface area (Å²) in [5, 5.41) is 11.5. The number of piperidine rings is 1. The van der Waals surface area contributed by atoms with Crippen LogP contribution in [0.15, 0.2) is 42.6 Å². The predicted octanol–water partition coefficient (Wildman–Crippen LogP) is 3.24. The van der Waals surface area contributed by atoms with Gasteiger partial charge in [-0.25, -0.2) is 4.98 Å². The Morgan fingerprint density at radius 3 is 2.47 bits per heavy atom. The number of methoxy groups -OCH3 is 1. The van der Waals surface area contributed by atoms with Gasteiger partial charge in [-0.05, 0) is 49.2 Å². The van der Waals surface area contributed by atoms with Crippen molar-refractivity contribution in [3.8, 4) is 11.6 Å². The van der Waals surface area contributed by atoms with Gasteiger partial charge in [0.2, 0.25) is 5.88 Å². The monoisotopic (exact) mass is 426 g/mol. The summed E-state index contributed by atoms with van der Waals surface area (Å²) in [5.41, 5.74) is 0.361. The van der Waals surface area contributed by atoms with Crippen molar-refractivity contribution in [2.45, 2.75) is 49.5 Å². The average Bonchev–Trinajstić information content (AvgIpc) is 3.02. The van der Waals surface area contributed by atoms with E-state index in [4.69, 9.17) is 9.47 Å². The summed E-state index contributed by atoms with van der Waals surface area (Å²) < 4.78 is 11.3. The fourth-order valence-corrected chi connectivity index (χ4v) is 5.55. The van der Waals surface area contributed by atoms with Crippen LogP contribution in [-0.2, 0) is 5.60 Å². The lowest BCUT2D eigenvalue weighted by molar-refractivity contribution is -0.0494. The minimum Gasteiger partial charge on any atom is -0.489 e. The zero-order chi connectivity index (χ0) is 20.7. The standard InChI is InChI=1S/C23H26N2O4S/c1-28-21-20(3-2-10-24-21)23(27)11-16-6-7-17(12-23)25(16)22(26)15-4-8-18(9-5-15)29-19-13-30-14-19/h2-5,8-10,16-17,19,27H,6-7,11-14H2,1H3/t16-,17-/m0/s1. The highest BCUT2D eigenvalue weighted by Crippen LogP contribution is 2.47. The summed E-state index contributed by atoms with van der Waals surface area (Å²) in [6.45, 7) is 0. The number of fused-ring (bicyclic) bond motifs is 2. The highest BCUT2D eigenvalue weighted by molar-refractivity contribution is 8.00. The summed E-state index contributed by atoms with van der Waals surface area (Å²) in [6, 6.07) is 11.2. The molecule has 0 radical (unpaired) electrons. The van der Waals surface area contributed by atoms with Gasteiger partial charge >= 0.3 is 0 Å². The summed E-state index contributed by atoms with van der Waals surface area (Å²) >= 11 is 1.88. The van der Waals surface area contributed by atoms with E-state index in [0.717, 1.165) is 30.1 Å². The Morgan fingerprint density at radius 2 is 1.87 bits per heavy atom. The molecule has 1 amide bonds. The summed E-state index contributed by atoms with van der Waals surface area (Å²) in [5.74, 6) is 3.37. The Labute approximate surface area is 180 Å². The van der Waals surface area contributed by atoms with E-state index < -0.39 is 5.60 Å². The number of benzene rings is 1. The minimum atomic E-state index is -1.03. The quantitative estimate of drug-likeness (QED) is 0.792. The zero-order valence-electron chi connectivity index (χ0n) is 17.0. The van der Waals surface area contributed by atoms with Crippen LogP contribution < -0.4 is 9.47 Å². The Bertz CT molecular complexity index is 917. The Morgan fingerprint density at radius 1 is 1.17 bits per heavy atom. The molecule has 5 rings (SSSR count). The highest BCUT2D eigenvalue weighted by Gasteiger charge is 2.51. The average molecular weight is 427 g/mol. The van der Waals surface area contributed by atoms with E-state index in [1.54, 1.807) is 13.3 Å². The Hall–Kier alpha value is -2.25. The van der Waals surface area contributed by atoms with Crippen LogP contribution in [0.4, 0.5) is 0 Å². The maximum absolute atomic E-state index is 13.3. The lowest BCUT2D eigenvalue weighted by Crippen LogP contribution is -2.52. The van der Waals surface area contributed by atoms with Crippen molar-refractivity contribution in [1.29, 1.82) is 0 Å². The molecule has 4 heterocycles. The number of ether oxygens (including phenoxy) is 2. The molecule has 6 nitrogen and oxygen atoms in total. The number of carbonyl (C=O) groups is 1. The SMILES string of the molecule is COc1ncccc1C1(O)C[C@@H]2CC[C@@H](C1)N2C(=O)c1ccc(OC2CSC2)cc1. The van der Waals surface area contributed by atoms with E-state index in [-0.39, 0.29) is 24.1 Å². The van der Waals surface area contributed by atoms with Crippen LogP contribution in [0.25, 0.3) is 0 Å². The van der Waals surface area contributed by atoms with Crippen molar-refractivity contribution in [3.63, 3.8) is 0 Å². The molecule has 1 aromatic carbocycles. The lowest BCUT2D eigenvalue weighted by atomic mass is 9.80. The molecule has 0 aliphatic carbocycles. The fraction of sp³-hybridized carbons (Fsp3) is 0.478. The molecule has 0 unspecified atom stereocenters. The Kier molecular flexibility index (Phi) is 5.11. The van der Waals surface area contributed by atoms with Gasteiger partial charge in [0.15, 0.2) is 0 Å². The van der Waals surface area contributed by atoms with Crippen LogP contribution in [0.2, 0.25) is 0 Å². The maximum atomic E-state index is 13.3. The van der Waals surface area contributed by atoms with Gasteiger partial charge in [0, 0.05) is 53.8 Å². The Balaban J connectivity index is 1.33. The van der Waals surface area contributed by atoms with Gasteiger partial charge in [0.1, 0.15) is 11.9 Å². The molecule has 7 heteroatoms. The highest BCUT2D eigenvalue weighted by atomic mass is 32.2. The third-order valence-electron chi connectivity index (χ3n) is 6.48. The number of aromatic nitrogens is 1. The van der Waals surface area contributed by atoms with Crippen LogP contribution in [0.5, 0.6) is 11.6 Å². The van der Waals surface area contributed by atoms with Crippen LogP contribution in [0, 0.1) is 0 Å². The van der Waals surface area contributed by atoms with Crippen LogP contribution in [0.1, 0.15) is 41.6 Å². The molecule has 0 spiro atoms. The number of thioether (sulfide) groups is 1. The van der Waals surface area contributed by atoms with Crippen molar-refractivity contribution < 1.29 is 19.4 Å². The third kappa shape index (κ3) is 3.44. The van der Waals surface area contributed by atoms with Gasteiger partial charge in [-0.3, -0.25) is 4.79 Å². The van der Waals surface area contributed by atoms with Gasteiger partial charge in [0.05, 0.1) is 12.7 Å². The van der Waals surface area contributed by atoms with E-state index in [1.165, 1.54) is 0 Å². The number of pyridine rings is 1. The largest absolute Gasteiger partial charge is 0.489 e. The zero-order valence-corrected chi connectivity index (χ0v) is 17.8. The summed E-state index contributed by atoms with van der Waals surface area (Å²) in [6.07, 6.45) is 4.76. The molecule has 2 bridgehead atoms. The molecule has 2 atom stereocenters. The molecule has 1 aromatic heterocycles. The number of hydrogen-bond donors (Lipinski definition) is 1. The first-order chi connectivity index (χ1) is 14.6. The molecule has 3 aliphatic rings. The van der Waals surface area contributed by atoms with Crippen LogP contribution >= 0.6 is 11.8 Å². The van der Waals surface area contributed by atoms with Crippen molar-refractivity contribution in [2.24, 2.45) is 0 Å². The van der Waals surface area contributed by atoms with Gasteiger partial charge in [-0.1, -0.05) is 0 Å². The first-order valence-electron chi connectivity index (χ1n) is 10.5. The van der Waals surface area contributed by atoms with E-state index in [0.29, 0.717) is 29.8 Å². The van der Waals surface area contributed by atoms with Gasteiger partial charge in [-0.2, -0.15) is 11.8 Å². The van der Waals surface area contributed by atoms with Gasteiger partial charge in [-0.15, -0.1) is 0 Å². The smallest absolute Gasteiger partial charge is 0.254 e. The van der Waals surface area contributed by atoms with Crippen molar-refractivity contribution in [1.82, 2.24) is 9.88 Å².